The van der Waals surface area contributed by atoms with Crippen LogP contribution in [0.2, 0.25) is 0 Å². The van der Waals surface area contributed by atoms with E-state index in [1.165, 1.54) is 22.9 Å². The van der Waals surface area contributed by atoms with Gasteiger partial charge in [-0.2, -0.15) is 0 Å². The SMILES string of the molecule is COc1cc(C(C)C)ccc1-c1ccc2c(c1)CCN[C@@H]2CCc1cnccc1C(=O)O. The van der Waals surface area contributed by atoms with Crippen molar-refractivity contribution in [3.63, 3.8) is 0 Å². The Morgan fingerprint density at radius 3 is 2.81 bits per heavy atom. The maximum atomic E-state index is 11.5. The number of carboxylic acid groups (broad SMARTS) is 1. The second-order valence-corrected chi connectivity index (χ2v) is 8.66. The lowest BCUT2D eigenvalue weighted by Crippen LogP contribution is -2.30. The number of methoxy groups -OCH3 is 1. The van der Waals surface area contributed by atoms with E-state index in [1.807, 2.05) is 0 Å². The Balaban J connectivity index is 1.58. The van der Waals surface area contributed by atoms with Gasteiger partial charge in [0, 0.05) is 24.0 Å². The summed E-state index contributed by atoms with van der Waals surface area (Å²) >= 11 is 0. The average Bonchev–Trinajstić information content (AvgIpc) is 2.81. The van der Waals surface area contributed by atoms with E-state index >= 15 is 0 Å². The fourth-order valence-corrected chi connectivity index (χ4v) is 4.52. The smallest absolute Gasteiger partial charge is 0.336 e. The molecule has 1 aliphatic heterocycles. The Morgan fingerprint density at radius 1 is 1.22 bits per heavy atom. The van der Waals surface area contributed by atoms with E-state index in [9.17, 15) is 9.90 Å². The summed E-state index contributed by atoms with van der Waals surface area (Å²) in [6.45, 7) is 5.28. The molecule has 0 spiro atoms. The molecule has 5 nitrogen and oxygen atoms in total. The molecule has 1 atom stereocenters. The Hall–Kier alpha value is -3.18. The summed E-state index contributed by atoms with van der Waals surface area (Å²) in [6.07, 6.45) is 5.66. The highest BCUT2D eigenvalue weighted by molar-refractivity contribution is 5.89. The largest absolute Gasteiger partial charge is 0.496 e. The summed E-state index contributed by atoms with van der Waals surface area (Å²) in [5.74, 6) is 0.454. The number of aryl methyl sites for hydroxylation is 1. The zero-order valence-corrected chi connectivity index (χ0v) is 18.9. The van der Waals surface area contributed by atoms with Gasteiger partial charge in [0.05, 0.1) is 12.7 Å². The molecule has 3 aromatic rings. The van der Waals surface area contributed by atoms with Gasteiger partial charge in [-0.3, -0.25) is 4.98 Å². The van der Waals surface area contributed by atoms with E-state index in [0.29, 0.717) is 17.9 Å². The molecular weight excluding hydrogens is 400 g/mol. The van der Waals surface area contributed by atoms with Crippen LogP contribution in [0.3, 0.4) is 0 Å². The topological polar surface area (TPSA) is 71.5 Å². The highest BCUT2D eigenvalue weighted by Crippen LogP contribution is 2.36. The molecule has 0 aliphatic carbocycles. The van der Waals surface area contributed by atoms with Gasteiger partial charge in [0.2, 0.25) is 0 Å². The number of nitrogens with one attached hydrogen (secondary N) is 1. The van der Waals surface area contributed by atoms with Crippen molar-refractivity contribution in [2.24, 2.45) is 0 Å². The molecule has 166 valence electrons. The number of ether oxygens (including phenoxy) is 1. The van der Waals surface area contributed by atoms with E-state index in [-0.39, 0.29) is 6.04 Å². The van der Waals surface area contributed by atoms with Crippen molar-refractivity contribution < 1.29 is 14.6 Å². The van der Waals surface area contributed by atoms with E-state index in [1.54, 1.807) is 19.4 Å². The van der Waals surface area contributed by atoms with Gasteiger partial charge in [0.1, 0.15) is 5.75 Å². The van der Waals surface area contributed by atoms with Crippen molar-refractivity contribution in [3.8, 4) is 16.9 Å². The molecule has 32 heavy (non-hydrogen) atoms. The molecule has 2 heterocycles. The summed E-state index contributed by atoms with van der Waals surface area (Å²) in [5.41, 5.74) is 7.28. The fraction of sp³-hybridized carbons (Fsp3) is 0.333. The molecule has 0 bridgehead atoms. The Bertz CT molecular complexity index is 1120. The minimum Gasteiger partial charge on any atom is -0.496 e. The van der Waals surface area contributed by atoms with Crippen LogP contribution in [0.4, 0.5) is 0 Å². The second-order valence-electron chi connectivity index (χ2n) is 8.66. The third kappa shape index (κ3) is 4.53. The standard InChI is InChI=1S/C27H30N2O3/c1-17(2)18-4-8-23(26(15-18)32-3)19-5-7-22-20(14-19)10-13-29-25(22)9-6-21-16-28-12-11-24(21)27(30)31/h4-5,7-8,11-12,14-17,25,29H,6,9-10,13H2,1-3H3,(H,30,31)/t25-/m1/s1. The van der Waals surface area contributed by atoms with Gasteiger partial charge in [-0.05, 0) is 71.7 Å². The minimum absolute atomic E-state index is 0.194. The highest BCUT2D eigenvalue weighted by Gasteiger charge is 2.22. The summed E-state index contributed by atoms with van der Waals surface area (Å²) in [6, 6.07) is 14.9. The fourth-order valence-electron chi connectivity index (χ4n) is 4.52. The van der Waals surface area contributed by atoms with Gasteiger partial charge in [-0.1, -0.05) is 44.2 Å². The summed E-state index contributed by atoms with van der Waals surface area (Å²) in [4.78, 5) is 15.6. The predicted octanol–water partition coefficient (Wildman–Crippen LogP) is 5.40. The van der Waals surface area contributed by atoms with Crippen molar-refractivity contribution in [1.82, 2.24) is 10.3 Å². The monoisotopic (exact) mass is 430 g/mol. The van der Waals surface area contributed by atoms with Gasteiger partial charge < -0.3 is 15.2 Å². The lowest BCUT2D eigenvalue weighted by Gasteiger charge is -2.28. The predicted molar refractivity (Wildman–Crippen MR) is 126 cm³/mol. The zero-order chi connectivity index (χ0) is 22.7. The normalized spacial score (nSPS) is 15.4. The zero-order valence-electron chi connectivity index (χ0n) is 18.9. The molecule has 1 aromatic heterocycles. The average molecular weight is 431 g/mol. The number of hydrogen-bond acceptors (Lipinski definition) is 4. The van der Waals surface area contributed by atoms with Gasteiger partial charge in [0.15, 0.2) is 0 Å². The number of nitrogens with zero attached hydrogens (tertiary/aromatic N) is 1. The number of benzene rings is 2. The molecule has 5 heteroatoms. The maximum absolute atomic E-state index is 11.5. The highest BCUT2D eigenvalue weighted by atomic mass is 16.5. The number of aromatic nitrogens is 1. The van der Waals surface area contributed by atoms with Crippen LogP contribution in [0.5, 0.6) is 5.75 Å². The molecule has 0 amide bonds. The number of rotatable bonds is 7. The van der Waals surface area contributed by atoms with Crippen LogP contribution in [0, 0.1) is 0 Å². The molecule has 0 unspecified atom stereocenters. The molecular formula is C27H30N2O3. The van der Waals surface area contributed by atoms with Crippen LogP contribution >= 0.6 is 0 Å². The first-order valence-corrected chi connectivity index (χ1v) is 11.2. The molecule has 2 N–H and O–H groups in total. The van der Waals surface area contributed by atoms with Crippen LogP contribution < -0.4 is 10.1 Å². The third-order valence-electron chi connectivity index (χ3n) is 6.34. The van der Waals surface area contributed by atoms with Gasteiger partial charge in [0.25, 0.3) is 0 Å². The Labute approximate surface area is 189 Å². The van der Waals surface area contributed by atoms with E-state index in [4.69, 9.17) is 4.74 Å². The Kier molecular flexibility index (Phi) is 6.56. The molecule has 0 saturated heterocycles. The second kappa shape index (κ2) is 9.53. The summed E-state index contributed by atoms with van der Waals surface area (Å²) < 4.78 is 5.71. The van der Waals surface area contributed by atoms with Gasteiger partial charge >= 0.3 is 5.97 Å². The first-order valence-electron chi connectivity index (χ1n) is 11.2. The lowest BCUT2D eigenvalue weighted by molar-refractivity contribution is 0.0695. The quantitative estimate of drug-likeness (QED) is 0.525. The van der Waals surface area contributed by atoms with Gasteiger partial charge in [-0.15, -0.1) is 0 Å². The first kappa shape index (κ1) is 22.0. The lowest BCUT2D eigenvalue weighted by atomic mass is 9.87. The van der Waals surface area contributed by atoms with E-state index in [0.717, 1.165) is 41.8 Å². The number of carbonyl (C=O) groups is 1. The van der Waals surface area contributed by atoms with Crippen molar-refractivity contribution in [2.45, 2.75) is 45.1 Å². The molecule has 2 aromatic carbocycles. The molecule has 0 fully saturated rings. The summed E-state index contributed by atoms with van der Waals surface area (Å²) in [7, 11) is 1.73. The van der Waals surface area contributed by atoms with Crippen LogP contribution in [-0.2, 0) is 12.8 Å². The molecule has 0 saturated carbocycles. The molecule has 4 rings (SSSR count). The summed E-state index contributed by atoms with van der Waals surface area (Å²) in [5, 5.41) is 13.0. The van der Waals surface area contributed by atoms with Crippen molar-refractivity contribution >= 4 is 5.97 Å². The molecule has 1 aliphatic rings. The number of pyridine rings is 1. The number of carboxylic acids is 1. The van der Waals surface area contributed by atoms with E-state index < -0.39 is 5.97 Å². The van der Waals surface area contributed by atoms with Crippen molar-refractivity contribution in [1.29, 1.82) is 0 Å². The van der Waals surface area contributed by atoms with Crippen LogP contribution in [0.25, 0.3) is 11.1 Å². The number of fused-ring (bicyclic) bond motifs is 1. The van der Waals surface area contributed by atoms with E-state index in [2.05, 4.69) is 60.5 Å². The molecule has 0 radical (unpaired) electrons. The van der Waals surface area contributed by atoms with Crippen LogP contribution in [0.15, 0.2) is 54.9 Å². The minimum atomic E-state index is -0.901. The maximum Gasteiger partial charge on any atom is 0.336 e. The number of aromatic carboxylic acids is 1. The first-order chi connectivity index (χ1) is 15.5. The van der Waals surface area contributed by atoms with Crippen LogP contribution in [-0.4, -0.2) is 29.7 Å². The van der Waals surface area contributed by atoms with Gasteiger partial charge in [-0.25, -0.2) is 4.79 Å². The van der Waals surface area contributed by atoms with Crippen molar-refractivity contribution in [2.75, 3.05) is 13.7 Å². The number of hydrogen-bond donors (Lipinski definition) is 2. The Morgan fingerprint density at radius 2 is 2.06 bits per heavy atom. The van der Waals surface area contributed by atoms with Crippen molar-refractivity contribution in [3.05, 3.63) is 82.7 Å². The van der Waals surface area contributed by atoms with Crippen LogP contribution in [0.1, 0.15) is 64.8 Å². The third-order valence-corrected chi connectivity index (χ3v) is 6.34.